The molecule has 0 spiro atoms. The fraction of sp³-hybridized carbons (Fsp3) is 0.600. The zero-order valence-electron chi connectivity index (χ0n) is 9.11. The molecule has 0 amide bonds. The molecule has 0 aliphatic heterocycles. The van der Waals surface area contributed by atoms with Crippen molar-refractivity contribution in [3.05, 3.63) is 11.6 Å². The number of hydrogen-bond donors (Lipinski definition) is 1. The minimum atomic E-state index is 0.204. The van der Waals surface area contributed by atoms with Gasteiger partial charge in [0.2, 0.25) is 6.08 Å². The fourth-order valence-corrected chi connectivity index (χ4v) is 1.82. The molecule has 0 radical (unpaired) electrons. The molecule has 0 saturated heterocycles. The van der Waals surface area contributed by atoms with Crippen molar-refractivity contribution in [2.75, 3.05) is 0 Å². The molecule has 1 aliphatic carbocycles. The highest BCUT2D eigenvalue weighted by Gasteiger charge is 2.25. The number of thiol groups is 1. The van der Waals surface area contributed by atoms with E-state index in [1.165, 1.54) is 11.7 Å². The van der Waals surface area contributed by atoms with Crippen LogP contribution in [0.2, 0.25) is 0 Å². The summed E-state index contributed by atoms with van der Waals surface area (Å²) in [5, 5.41) is 0. The molecule has 0 fully saturated rings. The molecular weight excluding hydrogens is 230 g/mol. The lowest BCUT2D eigenvalue weighted by Crippen LogP contribution is -2.20. The molecular formula is C10H15NO2S2. The van der Waals surface area contributed by atoms with Crippen LogP contribution in [0.4, 0.5) is 0 Å². The Morgan fingerprint density at radius 2 is 2.13 bits per heavy atom. The summed E-state index contributed by atoms with van der Waals surface area (Å²) in [6.07, 6.45) is 4.83. The Kier molecular flexibility index (Phi) is 6.65. The van der Waals surface area contributed by atoms with Gasteiger partial charge in [-0.05, 0) is 24.8 Å². The summed E-state index contributed by atoms with van der Waals surface area (Å²) in [6, 6.07) is 0. The van der Waals surface area contributed by atoms with Crippen molar-refractivity contribution in [3.63, 3.8) is 0 Å². The number of isocyanates is 1. The summed E-state index contributed by atoms with van der Waals surface area (Å²) in [4.78, 5) is 20.1. The third kappa shape index (κ3) is 7.42. The van der Waals surface area contributed by atoms with Gasteiger partial charge in [-0.15, -0.1) is 4.40 Å². The quantitative estimate of drug-likeness (QED) is 0.254. The predicted molar refractivity (Wildman–Crippen MR) is 66.5 cm³/mol. The second-order valence-electron chi connectivity index (χ2n) is 4.24. The third-order valence-electron chi connectivity index (χ3n) is 1.90. The highest BCUT2D eigenvalue weighted by atomic mass is 33.1. The van der Waals surface area contributed by atoms with E-state index in [4.69, 9.17) is 4.79 Å². The Bertz CT molecular complexity index is 305. The van der Waals surface area contributed by atoms with Crippen LogP contribution in [0.5, 0.6) is 0 Å². The summed E-state index contributed by atoms with van der Waals surface area (Å²) < 4.78 is 2.95. The highest BCUT2D eigenvalue weighted by molar-refractivity contribution is 8.68. The van der Waals surface area contributed by atoms with E-state index in [9.17, 15) is 4.79 Å². The van der Waals surface area contributed by atoms with E-state index < -0.39 is 0 Å². The van der Waals surface area contributed by atoms with E-state index in [1.54, 1.807) is 6.08 Å². The molecule has 0 aromatic heterocycles. The molecule has 1 aliphatic rings. The van der Waals surface area contributed by atoms with Gasteiger partial charge in [0.15, 0.2) is 5.78 Å². The van der Waals surface area contributed by atoms with Crippen molar-refractivity contribution in [2.24, 2.45) is 9.81 Å². The summed E-state index contributed by atoms with van der Waals surface area (Å²) in [6.45, 7) is 6.31. The first-order valence-electron chi connectivity index (χ1n) is 4.49. The monoisotopic (exact) mass is 245 g/mol. The van der Waals surface area contributed by atoms with Crippen LogP contribution in [0.1, 0.15) is 33.6 Å². The summed E-state index contributed by atoms with van der Waals surface area (Å²) in [5.74, 6) is 0.286. The molecule has 0 saturated carbocycles. The van der Waals surface area contributed by atoms with Crippen LogP contribution in [-0.4, -0.2) is 11.9 Å². The van der Waals surface area contributed by atoms with E-state index in [2.05, 4.69) is 29.9 Å². The Morgan fingerprint density at radius 3 is 2.40 bits per heavy atom. The van der Waals surface area contributed by atoms with Crippen molar-refractivity contribution in [2.45, 2.75) is 33.6 Å². The molecule has 0 unspecified atom stereocenters. The van der Waals surface area contributed by atoms with Crippen molar-refractivity contribution < 1.29 is 9.59 Å². The zero-order chi connectivity index (χ0) is 11.9. The Hall–Kier alpha value is -0.510. The lowest BCUT2D eigenvalue weighted by atomic mass is 9.77. The van der Waals surface area contributed by atoms with Crippen molar-refractivity contribution in [1.82, 2.24) is 0 Å². The minimum absolute atomic E-state index is 0.204. The molecule has 15 heavy (non-hydrogen) atoms. The van der Waals surface area contributed by atoms with E-state index in [1.807, 2.05) is 6.92 Å². The maximum absolute atomic E-state index is 11.0. The third-order valence-corrected chi connectivity index (χ3v) is 2.30. The van der Waals surface area contributed by atoms with Crippen LogP contribution >= 0.6 is 22.6 Å². The lowest BCUT2D eigenvalue weighted by molar-refractivity contribution is -0.117. The number of ketones is 1. The summed E-state index contributed by atoms with van der Waals surface area (Å²) in [5.41, 5.74) is 1.43. The van der Waals surface area contributed by atoms with Gasteiger partial charge in [-0.3, -0.25) is 4.79 Å². The van der Waals surface area contributed by atoms with Crippen molar-refractivity contribution in [1.29, 1.82) is 0 Å². The SMILES string of the molecule is CC1=CC(=O)CC(C)(C)C1.O=C=NSS. The molecule has 0 N–H and O–H groups in total. The van der Waals surface area contributed by atoms with Crippen LogP contribution in [0, 0.1) is 5.41 Å². The first kappa shape index (κ1) is 14.5. The van der Waals surface area contributed by atoms with Gasteiger partial charge in [0.25, 0.3) is 0 Å². The van der Waals surface area contributed by atoms with Crippen LogP contribution in [0.25, 0.3) is 0 Å². The first-order chi connectivity index (χ1) is 6.91. The average Bonchev–Trinajstić information content (AvgIpc) is 2.01. The van der Waals surface area contributed by atoms with Crippen LogP contribution in [0.15, 0.2) is 16.0 Å². The van der Waals surface area contributed by atoms with E-state index >= 15 is 0 Å². The van der Waals surface area contributed by atoms with Gasteiger partial charge in [0, 0.05) is 6.42 Å². The van der Waals surface area contributed by atoms with Crippen LogP contribution in [-0.2, 0) is 9.59 Å². The van der Waals surface area contributed by atoms with Crippen LogP contribution in [0.3, 0.4) is 0 Å². The minimum Gasteiger partial charge on any atom is -0.295 e. The predicted octanol–water partition coefficient (Wildman–Crippen LogP) is 3.14. The molecule has 1 rings (SSSR count). The van der Waals surface area contributed by atoms with Crippen molar-refractivity contribution in [3.8, 4) is 0 Å². The highest BCUT2D eigenvalue weighted by Crippen LogP contribution is 2.32. The second-order valence-corrected chi connectivity index (χ2v) is 5.07. The Labute approximate surface area is 99.4 Å². The fourth-order valence-electron chi connectivity index (χ4n) is 1.68. The first-order valence-corrected chi connectivity index (χ1v) is 6.31. The molecule has 0 bridgehead atoms. The summed E-state index contributed by atoms with van der Waals surface area (Å²) in [7, 11) is 0.797. The van der Waals surface area contributed by atoms with Gasteiger partial charge >= 0.3 is 0 Å². The van der Waals surface area contributed by atoms with E-state index in [0.717, 1.165) is 17.4 Å². The Balaban J connectivity index is 0.000000336. The molecule has 0 aromatic carbocycles. The molecule has 0 aromatic rings. The zero-order valence-corrected chi connectivity index (χ0v) is 10.8. The number of rotatable bonds is 1. The number of allylic oxidation sites excluding steroid dienone is 2. The van der Waals surface area contributed by atoms with Gasteiger partial charge in [-0.25, -0.2) is 4.79 Å². The standard InChI is InChI=1S/C9H14O.CHNOS2/c1-7-4-8(10)6-9(2,3)5-7;3-1-2-5-4/h4H,5-6H2,1-3H3;4H. The number of carbonyl (C=O) groups excluding carboxylic acids is 2. The number of hydrogen-bond acceptors (Lipinski definition) is 5. The van der Waals surface area contributed by atoms with Gasteiger partial charge in [-0.2, -0.15) is 0 Å². The average molecular weight is 245 g/mol. The second kappa shape index (κ2) is 6.88. The van der Waals surface area contributed by atoms with Gasteiger partial charge in [0.1, 0.15) is 0 Å². The lowest BCUT2D eigenvalue weighted by Gasteiger charge is -2.27. The van der Waals surface area contributed by atoms with E-state index in [-0.39, 0.29) is 11.2 Å². The molecule has 0 atom stereocenters. The van der Waals surface area contributed by atoms with Gasteiger partial charge < -0.3 is 0 Å². The largest absolute Gasteiger partial charge is 0.295 e. The summed E-state index contributed by atoms with van der Waals surface area (Å²) >= 11 is 3.49. The maximum Gasteiger partial charge on any atom is 0.248 e. The number of carbonyl (C=O) groups is 1. The topological polar surface area (TPSA) is 46.5 Å². The molecule has 3 nitrogen and oxygen atoms in total. The maximum atomic E-state index is 11.0. The van der Waals surface area contributed by atoms with Crippen molar-refractivity contribution >= 4 is 34.5 Å². The number of nitrogens with zero attached hydrogens (tertiary/aromatic N) is 1. The molecule has 84 valence electrons. The van der Waals surface area contributed by atoms with Gasteiger partial charge in [-0.1, -0.05) is 31.1 Å². The molecule has 5 heteroatoms. The normalized spacial score (nSPS) is 18.1. The Morgan fingerprint density at radius 1 is 1.53 bits per heavy atom. The molecule has 0 heterocycles. The van der Waals surface area contributed by atoms with Gasteiger partial charge in [0.05, 0.1) is 11.0 Å². The van der Waals surface area contributed by atoms with E-state index in [0.29, 0.717) is 6.42 Å². The van der Waals surface area contributed by atoms with Crippen LogP contribution < -0.4 is 0 Å². The smallest absolute Gasteiger partial charge is 0.248 e.